The molecule has 0 aliphatic rings. The summed E-state index contributed by atoms with van der Waals surface area (Å²) in [7, 11) is 1.59. The molecule has 4 aromatic rings. The molecule has 0 saturated carbocycles. The summed E-state index contributed by atoms with van der Waals surface area (Å²) >= 11 is 1.37. The van der Waals surface area contributed by atoms with Gasteiger partial charge in [-0.2, -0.15) is 0 Å². The lowest BCUT2D eigenvalue weighted by atomic mass is 10.2. The van der Waals surface area contributed by atoms with Crippen LogP contribution in [-0.2, 0) is 6.54 Å². The number of benzene rings is 1. The van der Waals surface area contributed by atoms with E-state index in [-0.39, 0.29) is 5.69 Å². The van der Waals surface area contributed by atoms with Crippen molar-refractivity contribution < 1.29 is 9.15 Å². The normalized spacial score (nSPS) is 11.1. The minimum absolute atomic E-state index is 0.165. The number of pyridine rings is 1. The Morgan fingerprint density at radius 2 is 2.00 bits per heavy atom. The summed E-state index contributed by atoms with van der Waals surface area (Å²) in [5, 5.41) is 12.8. The van der Waals surface area contributed by atoms with Crippen molar-refractivity contribution in [2.75, 3.05) is 12.9 Å². The highest BCUT2D eigenvalue weighted by Gasteiger charge is 2.13. The van der Waals surface area contributed by atoms with Crippen molar-refractivity contribution in [2.24, 2.45) is 0 Å². The van der Waals surface area contributed by atoms with Gasteiger partial charge in [0.2, 0.25) is 0 Å². The monoisotopic (exact) mass is 369 g/mol. The van der Waals surface area contributed by atoms with Crippen molar-refractivity contribution in [3.05, 3.63) is 59.1 Å². The average molecular weight is 369 g/mol. The molecule has 0 aliphatic heterocycles. The first-order valence-electron chi connectivity index (χ1n) is 7.90. The van der Waals surface area contributed by atoms with Gasteiger partial charge in [0, 0.05) is 11.9 Å². The zero-order chi connectivity index (χ0) is 17.9. The third kappa shape index (κ3) is 3.08. The Balaban J connectivity index is 1.45. The summed E-state index contributed by atoms with van der Waals surface area (Å²) in [6.07, 6.45) is 1.70. The fraction of sp³-hybridized carbons (Fsp3) is 0.176. The first kappa shape index (κ1) is 16.4. The number of hydrogen-bond acceptors (Lipinski definition) is 7. The number of fused-ring (bicyclic) bond motifs is 1. The number of thioether (sulfide) groups is 1. The van der Waals surface area contributed by atoms with Gasteiger partial charge in [0.05, 0.1) is 19.2 Å². The Hall–Kier alpha value is -3.07. The molecule has 1 aromatic carbocycles. The smallest absolute Gasteiger partial charge is 0.350 e. The van der Waals surface area contributed by atoms with Crippen LogP contribution < -0.4 is 10.4 Å². The van der Waals surface area contributed by atoms with Crippen LogP contribution in [0.3, 0.4) is 0 Å². The number of rotatable bonds is 6. The Kier molecular flexibility index (Phi) is 4.44. The number of aryl methyl sites for hydroxylation is 1. The van der Waals surface area contributed by atoms with Gasteiger partial charge in [-0.15, -0.1) is 15.3 Å². The molecule has 9 heteroatoms. The number of ether oxygens (including phenoxy) is 1. The number of aromatic nitrogens is 5. The summed E-state index contributed by atoms with van der Waals surface area (Å²) in [5.41, 5.74) is 1.20. The number of para-hydroxylation sites is 1. The van der Waals surface area contributed by atoms with Gasteiger partial charge in [0.15, 0.2) is 5.65 Å². The molecule has 26 heavy (non-hydrogen) atoms. The van der Waals surface area contributed by atoms with Crippen LogP contribution in [0.4, 0.5) is 0 Å². The van der Waals surface area contributed by atoms with Gasteiger partial charge in [-0.1, -0.05) is 30.0 Å². The third-order valence-corrected chi connectivity index (χ3v) is 4.56. The van der Waals surface area contributed by atoms with Crippen molar-refractivity contribution >= 4 is 17.4 Å². The minimum Gasteiger partial charge on any atom is -0.496 e. The average Bonchev–Trinajstić information content (AvgIpc) is 3.27. The molecule has 0 aliphatic carbocycles. The number of nitrogens with zero attached hydrogens (tertiary/aromatic N) is 5. The van der Waals surface area contributed by atoms with E-state index in [0.29, 0.717) is 34.8 Å². The van der Waals surface area contributed by atoms with Crippen molar-refractivity contribution in [3.63, 3.8) is 0 Å². The molecule has 0 atom stereocenters. The molecule has 0 fully saturated rings. The summed E-state index contributed by atoms with van der Waals surface area (Å²) in [4.78, 5) is 12.2. The second-order valence-electron chi connectivity index (χ2n) is 5.36. The van der Waals surface area contributed by atoms with E-state index in [0.717, 1.165) is 5.56 Å². The van der Waals surface area contributed by atoms with Gasteiger partial charge in [-0.05, 0) is 24.3 Å². The van der Waals surface area contributed by atoms with E-state index in [1.165, 1.54) is 20.8 Å². The van der Waals surface area contributed by atoms with Crippen LogP contribution >= 0.6 is 11.8 Å². The molecular weight excluding hydrogens is 354 g/mol. The standard InChI is InChI=1S/C17H15N5O3S/c1-24-13-7-3-2-6-12(13)15-18-19-16(25-15)26-11-10-22-17(23)21-9-5-4-8-14(21)20-22/h2-9H,10-11H2,1H3. The molecule has 0 radical (unpaired) electrons. The third-order valence-electron chi connectivity index (χ3n) is 3.76. The summed E-state index contributed by atoms with van der Waals surface area (Å²) in [6, 6.07) is 12.9. The van der Waals surface area contributed by atoms with Gasteiger partial charge in [-0.3, -0.25) is 4.40 Å². The van der Waals surface area contributed by atoms with E-state index in [2.05, 4.69) is 15.3 Å². The minimum atomic E-state index is -0.165. The van der Waals surface area contributed by atoms with Crippen LogP contribution in [-0.4, -0.2) is 37.2 Å². The van der Waals surface area contributed by atoms with Crippen molar-refractivity contribution in [3.8, 4) is 17.2 Å². The second kappa shape index (κ2) is 7.04. The van der Waals surface area contributed by atoms with Crippen molar-refractivity contribution in [1.29, 1.82) is 0 Å². The van der Waals surface area contributed by atoms with Crippen LogP contribution in [0.1, 0.15) is 0 Å². The van der Waals surface area contributed by atoms with E-state index >= 15 is 0 Å². The molecule has 0 N–H and O–H groups in total. The quantitative estimate of drug-likeness (QED) is 0.482. The largest absolute Gasteiger partial charge is 0.496 e. The molecule has 0 saturated heterocycles. The van der Waals surface area contributed by atoms with Crippen LogP contribution in [0.15, 0.2) is 63.1 Å². The maximum Gasteiger partial charge on any atom is 0.350 e. The Morgan fingerprint density at radius 1 is 1.15 bits per heavy atom. The van der Waals surface area contributed by atoms with Gasteiger partial charge >= 0.3 is 5.69 Å². The van der Waals surface area contributed by atoms with Crippen LogP contribution in [0.25, 0.3) is 17.1 Å². The first-order valence-corrected chi connectivity index (χ1v) is 8.89. The second-order valence-corrected chi connectivity index (χ2v) is 6.40. The van der Waals surface area contributed by atoms with Crippen LogP contribution in [0.5, 0.6) is 5.75 Å². The zero-order valence-corrected chi connectivity index (χ0v) is 14.7. The highest BCUT2D eigenvalue weighted by atomic mass is 32.2. The maximum absolute atomic E-state index is 12.2. The van der Waals surface area contributed by atoms with Crippen LogP contribution in [0.2, 0.25) is 0 Å². The van der Waals surface area contributed by atoms with E-state index in [4.69, 9.17) is 9.15 Å². The SMILES string of the molecule is COc1ccccc1-c1nnc(SCCn2nc3ccccn3c2=O)o1. The van der Waals surface area contributed by atoms with Gasteiger partial charge in [0.25, 0.3) is 11.1 Å². The number of hydrogen-bond donors (Lipinski definition) is 0. The summed E-state index contributed by atoms with van der Waals surface area (Å²) in [5.74, 6) is 1.65. The van der Waals surface area contributed by atoms with Gasteiger partial charge in [0.1, 0.15) is 5.75 Å². The predicted octanol–water partition coefficient (Wildman–Crippen LogP) is 2.35. The van der Waals surface area contributed by atoms with E-state index in [1.807, 2.05) is 30.3 Å². The Labute approximate surface area is 152 Å². The molecule has 3 aromatic heterocycles. The van der Waals surface area contributed by atoms with Gasteiger partial charge in [-0.25, -0.2) is 9.48 Å². The lowest BCUT2D eigenvalue weighted by Crippen LogP contribution is -2.21. The Morgan fingerprint density at radius 3 is 2.85 bits per heavy atom. The fourth-order valence-electron chi connectivity index (χ4n) is 2.53. The lowest BCUT2D eigenvalue weighted by molar-refractivity contribution is 0.411. The molecule has 4 rings (SSSR count). The highest BCUT2D eigenvalue weighted by molar-refractivity contribution is 7.99. The fourth-order valence-corrected chi connectivity index (χ4v) is 3.21. The van der Waals surface area contributed by atoms with E-state index < -0.39 is 0 Å². The summed E-state index contributed by atoms with van der Waals surface area (Å²) < 4.78 is 13.9. The molecule has 8 nitrogen and oxygen atoms in total. The Bertz CT molecular complexity index is 1100. The topological polar surface area (TPSA) is 87.5 Å². The molecule has 0 amide bonds. The molecule has 3 heterocycles. The van der Waals surface area contributed by atoms with Crippen molar-refractivity contribution in [2.45, 2.75) is 11.8 Å². The maximum atomic E-state index is 12.2. The van der Waals surface area contributed by atoms with Gasteiger partial charge < -0.3 is 9.15 Å². The van der Waals surface area contributed by atoms with Crippen LogP contribution in [0, 0.1) is 0 Å². The van der Waals surface area contributed by atoms with E-state index in [1.54, 1.807) is 25.4 Å². The lowest BCUT2D eigenvalue weighted by Gasteiger charge is -2.03. The first-order chi connectivity index (χ1) is 12.8. The van der Waals surface area contributed by atoms with E-state index in [9.17, 15) is 4.79 Å². The molecule has 0 spiro atoms. The zero-order valence-electron chi connectivity index (χ0n) is 13.9. The predicted molar refractivity (Wildman–Crippen MR) is 96.5 cm³/mol. The summed E-state index contributed by atoms with van der Waals surface area (Å²) in [6.45, 7) is 0.442. The molecule has 0 unspecified atom stereocenters. The number of methoxy groups -OCH3 is 1. The molecule has 0 bridgehead atoms. The highest BCUT2D eigenvalue weighted by Crippen LogP contribution is 2.30. The molecular formula is C17H15N5O3S. The van der Waals surface area contributed by atoms with Crippen molar-refractivity contribution in [1.82, 2.24) is 24.4 Å². The molecule has 132 valence electrons.